The zero-order chi connectivity index (χ0) is 12.3. The smallest absolute Gasteiger partial charge is 0.239 e. The van der Waals surface area contributed by atoms with Gasteiger partial charge in [-0.05, 0) is 37.3 Å². The van der Waals surface area contributed by atoms with Gasteiger partial charge in [0.15, 0.2) is 0 Å². The van der Waals surface area contributed by atoms with Crippen LogP contribution in [0.3, 0.4) is 0 Å². The van der Waals surface area contributed by atoms with Crippen LogP contribution in [0.5, 0.6) is 0 Å². The lowest BCUT2D eigenvalue weighted by Crippen LogP contribution is -2.20. The number of aryl methyl sites for hydroxylation is 1. The number of aromatic nitrogens is 1. The maximum Gasteiger partial charge on any atom is 0.239 e. The lowest BCUT2D eigenvalue weighted by atomic mass is 10.1. The van der Waals surface area contributed by atoms with Gasteiger partial charge in [0, 0.05) is 6.20 Å². The summed E-state index contributed by atoms with van der Waals surface area (Å²) in [4.78, 5) is 15.5. The van der Waals surface area contributed by atoms with E-state index in [1.165, 1.54) is 24.8 Å². The van der Waals surface area contributed by atoms with Crippen LogP contribution in [0.15, 0.2) is 18.3 Å². The van der Waals surface area contributed by atoms with Crippen LogP contribution in [0.25, 0.3) is 0 Å². The predicted molar refractivity (Wildman–Crippen MR) is 72.3 cm³/mol. The first-order chi connectivity index (χ1) is 8.15. The van der Waals surface area contributed by atoms with Crippen LogP contribution in [-0.2, 0) is 11.2 Å². The zero-order valence-corrected chi connectivity index (χ0v) is 11.5. The highest BCUT2D eigenvalue weighted by Crippen LogP contribution is 2.33. The van der Waals surface area contributed by atoms with Crippen LogP contribution in [-0.4, -0.2) is 15.7 Å². The lowest BCUT2D eigenvalue weighted by Gasteiger charge is -2.06. The molecule has 17 heavy (non-hydrogen) atoms. The lowest BCUT2D eigenvalue weighted by molar-refractivity contribution is -0.115. The van der Waals surface area contributed by atoms with E-state index in [-0.39, 0.29) is 10.7 Å². The zero-order valence-electron chi connectivity index (χ0n) is 9.95. The van der Waals surface area contributed by atoms with Crippen LogP contribution < -0.4 is 5.32 Å². The van der Waals surface area contributed by atoms with Gasteiger partial charge in [-0.3, -0.25) is 4.79 Å². The SMILES string of the molecule is CC(Br)C(=O)Nc1ccc(CCC2CC2)cn1. The van der Waals surface area contributed by atoms with Gasteiger partial charge in [-0.1, -0.05) is 34.8 Å². The molecule has 1 amide bonds. The standard InChI is InChI=1S/C13H17BrN2O/c1-9(14)13(17)16-12-7-6-11(8-15-12)5-4-10-2-3-10/h6-10H,2-5H2,1H3,(H,15,16,17). The second-order valence-corrected chi connectivity index (χ2v) is 6.01. The first-order valence-corrected chi connectivity index (χ1v) is 6.96. The molecule has 0 radical (unpaired) electrons. The molecule has 0 bridgehead atoms. The van der Waals surface area contributed by atoms with Crippen molar-refractivity contribution in [3.05, 3.63) is 23.9 Å². The molecular formula is C13H17BrN2O. The van der Waals surface area contributed by atoms with Gasteiger partial charge in [0.05, 0.1) is 4.83 Å². The Kier molecular flexibility index (Phi) is 4.15. The Labute approximate surface area is 110 Å². The maximum absolute atomic E-state index is 11.4. The highest BCUT2D eigenvalue weighted by molar-refractivity contribution is 9.10. The summed E-state index contributed by atoms with van der Waals surface area (Å²) in [6.07, 6.45) is 7.01. The van der Waals surface area contributed by atoms with Crippen LogP contribution in [0.2, 0.25) is 0 Å². The molecule has 1 aromatic heterocycles. The van der Waals surface area contributed by atoms with Crippen LogP contribution in [0.4, 0.5) is 5.82 Å². The summed E-state index contributed by atoms with van der Waals surface area (Å²) in [5.41, 5.74) is 1.25. The molecule has 1 saturated carbocycles. The van der Waals surface area contributed by atoms with E-state index in [1.54, 1.807) is 6.92 Å². The molecule has 2 rings (SSSR count). The molecule has 0 aliphatic heterocycles. The molecule has 0 aromatic carbocycles. The molecule has 1 aliphatic carbocycles. The van der Waals surface area contributed by atoms with Gasteiger partial charge < -0.3 is 5.32 Å². The van der Waals surface area contributed by atoms with E-state index < -0.39 is 0 Å². The molecule has 1 fully saturated rings. The fourth-order valence-electron chi connectivity index (χ4n) is 1.65. The Morgan fingerprint density at radius 2 is 2.35 bits per heavy atom. The summed E-state index contributed by atoms with van der Waals surface area (Å²) in [5.74, 6) is 1.50. The number of hydrogen-bond donors (Lipinski definition) is 1. The third-order valence-corrected chi connectivity index (χ3v) is 3.39. The van der Waals surface area contributed by atoms with Gasteiger partial charge in [0.25, 0.3) is 0 Å². The fraction of sp³-hybridized carbons (Fsp3) is 0.538. The van der Waals surface area contributed by atoms with Crippen molar-refractivity contribution < 1.29 is 4.79 Å². The molecule has 92 valence electrons. The van der Waals surface area contributed by atoms with Crippen molar-refractivity contribution in [1.29, 1.82) is 0 Å². The van der Waals surface area contributed by atoms with E-state index >= 15 is 0 Å². The molecule has 0 spiro atoms. The van der Waals surface area contributed by atoms with E-state index in [4.69, 9.17) is 0 Å². The number of halogens is 1. The summed E-state index contributed by atoms with van der Waals surface area (Å²) in [5, 5.41) is 2.75. The molecule has 3 nitrogen and oxygen atoms in total. The van der Waals surface area contributed by atoms with Gasteiger partial charge in [-0.15, -0.1) is 0 Å². The maximum atomic E-state index is 11.4. The Hall–Kier alpha value is -0.900. The Morgan fingerprint density at radius 3 is 2.88 bits per heavy atom. The normalized spacial score (nSPS) is 16.6. The molecule has 1 heterocycles. The summed E-state index contributed by atoms with van der Waals surface area (Å²) in [6, 6.07) is 3.92. The first kappa shape index (κ1) is 12.6. The van der Waals surface area contributed by atoms with Gasteiger partial charge in [-0.2, -0.15) is 0 Å². The highest BCUT2D eigenvalue weighted by Gasteiger charge is 2.20. The van der Waals surface area contributed by atoms with Crippen molar-refractivity contribution in [1.82, 2.24) is 4.98 Å². The Balaban J connectivity index is 1.85. The molecule has 1 atom stereocenters. The number of pyridine rings is 1. The van der Waals surface area contributed by atoms with Gasteiger partial charge in [0.2, 0.25) is 5.91 Å². The number of nitrogens with one attached hydrogen (secondary N) is 1. The van der Waals surface area contributed by atoms with E-state index in [0.717, 1.165) is 12.3 Å². The van der Waals surface area contributed by atoms with E-state index in [0.29, 0.717) is 5.82 Å². The number of alkyl halides is 1. The van der Waals surface area contributed by atoms with E-state index in [9.17, 15) is 4.79 Å². The first-order valence-electron chi connectivity index (χ1n) is 6.05. The minimum absolute atomic E-state index is 0.0665. The quantitative estimate of drug-likeness (QED) is 0.848. The van der Waals surface area contributed by atoms with Crippen LogP contribution in [0.1, 0.15) is 31.7 Å². The van der Waals surface area contributed by atoms with Crippen molar-refractivity contribution in [3.63, 3.8) is 0 Å². The number of carbonyl (C=O) groups is 1. The molecule has 1 unspecified atom stereocenters. The molecule has 0 saturated heterocycles. The highest BCUT2D eigenvalue weighted by atomic mass is 79.9. The van der Waals surface area contributed by atoms with Crippen molar-refractivity contribution in [3.8, 4) is 0 Å². The second-order valence-electron chi connectivity index (χ2n) is 4.64. The van der Waals surface area contributed by atoms with Crippen LogP contribution in [0, 0.1) is 5.92 Å². The Bertz CT molecular complexity index is 385. The summed E-state index contributed by atoms with van der Waals surface area (Å²) >= 11 is 3.22. The second kappa shape index (κ2) is 5.63. The third kappa shape index (κ3) is 4.11. The molecule has 1 aromatic rings. The molecule has 1 N–H and O–H groups in total. The summed E-state index contributed by atoms with van der Waals surface area (Å²) < 4.78 is 0. The monoisotopic (exact) mass is 296 g/mol. The third-order valence-electron chi connectivity index (χ3n) is 2.98. The van der Waals surface area contributed by atoms with Gasteiger partial charge in [0.1, 0.15) is 5.82 Å². The van der Waals surface area contributed by atoms with Crippen molar-refractivity contribution in [2.75, 3.05) is 5.32 Å². The van der Waals surface area contributed by atoms with Crippen LogP contribution >= 0.6 is 15.9 Å². The van der Waals surface area contributed by atoms with Crippen molar-refractivity contribution >= 4 is 27.7 Å². The number of carbonyl (C=O) groups excluding carboxylic acids is 1. The van der Waals surface area contributed by atoms with Gasteiger partial charge >= 0.3 is 0 Å². The number of rotatable bonds is 5. The molecule has 1 aliphatic rings. The fourth-order valence-corrected chi connectivity index (χ4v) is 1.76. The largest absolute Gasteiger partial charge is 0.310 e. The Morgan fingerprint density at radius 1 is 1.59 bits per heavy atom. The minimum Gasteiger partial charge on any atom is -0.310 e. The minimum atomic E-state index is -0.196. The summed E-state index contributed by atoms with van der Waals surface area (Å²) in [7, 11) is 0. The van der Waals surface area contributed by atoms with E-state index in [2.05, 4.69) is 26.2 Å². The summed E-state index contributed by atoms with van der Waals surface area (Å²) in [6.45, 7) is 1.79. The number of amides is 1. The van der Waals surface area contributed by atoms with E-state index in [1.807, 2.05) is 18.3 Å². The number of anilines is 1. The van der Waals surface area contributed by atoms with Crippen molar-refractivity contribution in [2.24, 2.45) is 5.92 Å². The predicted octanol–water partition coefficient (Wildman–Crippen LogP) is 3.15. The molecule has 4 heteroatoms. The topological polar surface area (TPSA) is 42.0 Å². The number of nitrogens with zero attached hydrogens (tertiary/aromatic N) is 1. The average Bonchev–Trinajstić information content (AvgIpc) is 3.12. The van der Waals surface area contributed by atoms with Gasteiger partial charge in [-0.25, -0.2) is 4.98 Å². The average molecular weight is 297 g/mol. The number of hydrogen-bond acceptors (Lipinski definition) is 2. The van der Waals surface area contributed by atoms with Crippen molar-refractivity contribution in [2.45, 2.75) is 37.4 Å². The molecular weight excluding hydrogens is 280 g/mol.